The number of pyridine rings is 1. The smallest absolute Gasteiger partial charge is 0.290 e. The number of hydrogen-bond acceptors (Lipinski definition) is 4. The Morgan fingerprint density at radius 1 is 1.59 bits per heavy atom. The van der Waals surface area contributed by atoms with E-state index < -0.39 is 4.92 Å². The Balaban J connectivity index is 2.86. The van der Waals surface area contributed by atoms with Crippen molar-refractivity contribution in [1.29, 1.82) is 0 Å². The Labute approximate surface area is 102 Å². The molecule has 0 bridgehead atoms. The van der Waals surface area contributed by atoms with Gasteiger partial charge in [-0.25, -0.2) is 4.98 Å². The lowest BCUT2D eigenvalue weighted by Gasteiger charge is -2.21. The maximum absolute atomic E-state index is 10.7. The van der Waals surface area contributed by atoms with E-state index in [1.165, 1.54) is 6.20 Å². The van der Waals surface area contributed by atoms with Crippen molar-refractivity contribution in [2.45, 2.75) is 27.2 Å². The van der Waals surface area contributed by atoms with Crippen LogP contribution in [0.15, 0.2) is 12.3 Å². The molecule has 1 heterocycles. The molecule has 0 aliphatic rings. The monoisotopic (exact) mass is 237 g/mol. The van der Waals surface area contributed by atoms with Crippen molar-refractivity contribution < 1.29 is 4.92 Å². The van der Waals surface area contributed by atoms with Crippen molar-refractivity contribution in [3.05, 3.63) is 27.9 Å². The highest BCUT2D eigenvalue weighted by Gasteiger charge is 2.14. The van der Waals surface area contributed by atoms with Gasteiger partial charge in [0.25, 0.3) is 5.69 Å². The molecule has 94 valence electrons. The van der Waals surface area contributed by atoms with Crippen LogP contribution in [-0.4, -0.2) is 23.5 Å². The van der Waals surface area contributed by atoms with Crippen LogP contribution in [0.25, 0.3) is 0 Å². The van der Waals surface area contributed by atoms with Gasteiger partial charge in [-0.3, -0.25) is 10.1 Å². The lowest BCUT2D eigenvalue weighted by molar-refractivity contribution is -0.385. The van der Waals surface area contributed by atoms with Gasteiger partial charge in [0.15, 0.2) is 0 Å². The van der Waals surface area contributed by atoms with Gasteiger partial charge in [0.05, 0.1) is 4.92 Å². The van der Waals surface area contributed by atoms with E-state index in [0.29, 0.717) is 11.5 Å². The molecule has 1 aromatic heterocycles. The lowest BCUT2D eigenvalue weighted by Crippen LogP contribution is -2.24. The van der Waals surface area contributed by atoms with E-state index >= 15 is 0 Å². The summed E-state index contributed by atoms with van der Waals surface area (Å²) in [4.78, 5) is 16.4. The summed E-state index contributed by atoms with van der Waals surface area (Å²) in [5, 5.41) is 10.7. The van der Waals surface area contributed by atoms with Crippen LogP contribution >= 0.6 is 0 Å². The molecule has 0 saturated carbocycles. The van der Waals surface area contributed by atoms with Crippen LogP contribution in [-0.2, 0) is 0 Å². The Kier molecular flexibility index (Phi) is 4.43. The van der Waals surface area contributed by atoms with E-state index in [-0.39, 0.29) is 5.69 Å². The van der Waals surface area contributed by atoms with Gasteiger partial charge in [-0.15, -0.1) is 0 Å². The van der Waals surface area contributed by atoms with Crippen LogP contribution in [0.3, 0.4) is 0 Å². The summed E-state index contributed by atoms with van der Waals surface area (Å²) in [6.45, 7) is 6.96. The minimum Gasteiger partial charge on any atom is -0.359 e. The van der Waals surface area contributed by atoms with Gasteiger partial charge in [0.2, 0.25) is 0 Å². The number of nitro groups is 1. The second-order valence-electron chi connectivity index (χ2n) is 4.48. The number of anilines is 1. The standard InChI is InChI=1S/C12H19N3O2/c1-5-9(2)8-14(4)12-6-10(3)11(7-13-12)15(16)17/h6-7,9H,5,8H2,1-4H3. The van der Waals surface area contributed by atoms with E-state index in [0.717, 1.165) is 18.8 Å². The predicted octanol–water partition coefficient (Wildman–Crippen LogP) is 2.78. The first-order valence-electron chi connectivity index (χ1n) is 5.77. The fourth-order valence-electron chi connectivity index (χ4n) is 1.62. The molecule has 0 radical (unpaired) electrons. The molecule has 5 nitrogen and oxygen atoms in total. The molecule has 0 N–H and O–H groups in total. The Hall–Kier alpha value is -1.65. The number of aryl methyl sites for hydroxylation is 1. The van der Waals surface area contributed by atoms with Gasteiger partial charge in [0, 0.05) is 19.2 Å². The van der Waals surface area contributed by atoms with Crippen molar-refractivity contribution in [3.8, 4) is 0 Å². The molecule has 1 rings (SSSR count). The molecule has 5 heteroatoms. The minimum atomic E-state index is -0.402. The summed E-state index contributed by atoms with van der Waals surface area (Å²) in [6.07, 6.45) is 2.44. The van der Waals surface area contributed by atoms with E-state index in [1.807, 2.05) is 11.9 Å². The molecular weight excluding hydrogens is 218 g/mol. The predicted molar refractivity (Wildman–Crippen MR) is 68.4 cm³/mol. The maximum atomic E-state index is 10.7. The van der Waals surface area contributed by atoms with Gasteiger partial charge >= 0.3 is 0 Å². The highest BCUT2D eigenvalue weighted by molar-refractivity contribution is 5.48. The third-order valence-corrected chi connectivity index (χ3v) is 2.94. The number of rotatable bonds is 5. The third-order valence-electron chi connectivity index (χ3n) is 2.94. The SMILES string of the molecule is CCC(C)CN(C)c1cc(C)c([N+](=O)[O-])cn1. The summed E-state index contributed by atoms with van der Waals surface area (Å²) in [5.41, 5.74) is 0.724. The van der Waals surface area contributed by atoms with Crippen molar-refractivity contribution in [2.24, 2.45) is 5.92 Å². The van der Waals surface area contributed by atoms with Crippen LogP contribution in [0.4, 0.5) is 11.5 Å². The van der Waals surface area contributed by atoms with Crippen LogP contribution in [0.2, 0.25) is 0 Å². The zero-order valence-corrected chi connectivity index (χ0v) is 10.8. The largest absolute Gasteiger partial charge is 0.359 e. The van der Waals surface area contributed by atoms with Crippen molar-refractivity contribution in [2.75, 3.05) is 18.5 Å². The summed E-state index contributed by atoms with van der Waals surface area (Å²) >= 11 is 0. The van der Waals surface area contributed by atoms with Crippen molar-refractivity contribution >= 4 is 11.5 Å². The number of aromatic nitrogens is 1. The summed E-state index contributed by atoms with van der Waals surface area (Å²) in [6, 6.07) is 1.76. The molecule has 1 unspecified atom stereocenters. The zero-order valence-electron chi connectivity index (χ0n) is 10.8. The van der Waals surface area contributed by atoms with Gasteiger partial charge in [0.1, 0.15) is 12.0 Å². The Morgan fingerprint density at radius 3 is 2.71 bits per heavy atom. The van der Waals surface area contributed by atoms with Gasteiger partial charge in [-0.05, 0) is 18.9 Å². The molecule has 0 saturated heterocycles. The maximum Gasteiger partial charge on any atom is 0.290 e. The summed E-state index contributed by atoms with van der Waals surface area (Å²) in [7, 11) is 1.96. The van der Waals surface area contributed by atoms with E-state index in [2.05, 4.69) is 18.8 Å². The normalized spacial score (nSPS) is 12.2. The van der Waals surface area contributed by atoms with Crippen LogP contribution in [0.1, 0.15) is 25.8 Å². The van der Waals surface area contributed by atoms with Crippen LogP contribution in [0, 0.1) is 23.0 Å². The van der Waals surface area contributed by atoms with Gasteiger partial charge in [-0.1, -0.05) is 20.3 Å². The second-order valence-corrected chi connectivity index (χ2v) is 4.48. The molecule has 1 aromatic rings. The van der Waals surface area contributed by atoms with Gasteiger partial charge < -0.3 is 4.90 Å². The Bertz CT molecular complexity index is 407. The Morgan fingerprint density at radius 2 is 2.24 bits per heavy atom. The molecule has 1 atom stereocenters. The first-order valence-corrected chi connectivity index (χ1v) is 5.77. The van der Waals surface area contributed by atoms with Crippen molar-refractivity contribution in [1.82, 2.24) is 4.98 Å². The van der Waals surface area contributed by atoms with E-state index in [1.54, 1.807) is 13.0 Å². The average molecular weight is 237 g/mol. The molecular formula is C12H19N3O2. The number of hydrogen-bond donors (Lipinski definition) is 0. The molecule has 0 aliphatic heterocycles. The highest BCUT2D eigenvalue weighted by atomic mass is 16.6. The average Bonchev–Trinajstić information content (AvgIpc) is 2.28. The highest BCUT2D eigenvalue weighted by Crippen LogP contribution is 2.21. The van der Waals surface area contributed by atoms with Crippen LogP contribution in [0.5, 0.6) is 0 Å². The first kappa shape index (κ1) is 13.4. The topological polar surface area (TPSA) is 59.3 Å². The summed E-state index contributed by atoms with van der Waals surface area (Å²) < 4.78 is 0. The molecule has 0 aliphatic carbocycles. The van der Waals surface area contributed by atoms with Gasteiger partial charge in [-0.2, -0.15) is 0 Å². The zero-order chi connectivity index (χ0) is 13.0. The minimum absolute atomic E-state index is 0.0747. The molecule has 0 spiro atoms. The lowest BCUT2D eigenvalue weighted by atomic mass is 10.1. The van der Waals surface area contributed by atoms with E-state index in [9.17, 15) is 10.1 Å². The molecule has 0 fully saturated rings. The quantitative estimate of drug-likeness (QED) is 0.583. The van der Waals surface area contributed by atoms with Crippen LogP contribution < -0.4 is 4.90 Å². The first-order chi connectivity index (χ1) is 7.95. The second kappa shape index (κ2) is 5.61. The molecule has 0 aromatic carbocycles. The fraction of sp³-hybridized carbons (Fsp3) is 0.583. The summed E-state index contributed by atoms with van der Waals surface area (Å²) in [5.74, 6) is 1.37. The number of nitrogens with zero attached hydrogens (tertiary/aromatic N) is 3. The van der Waals surface area contributed by atoms with E-state index in [4.69, 9.17) is 0 Å². The molecule has 17 heavy (non-hydrogen) atoms. The third kappa shape index (κ3) is 3.41. The van der Waals surface area contributed by atoms with Crippen molar-refractivity contribution in [3.63, 3.8) is 0 Å². The fourth-order valence-corrected chi connectivity index (χ4v) is 1.62. The molecule has 0 amide bonds.